The number of esters is 1. The molecule has 0 aliphatic heterocycles. The molecule has 1 heterocycles. The molecule has 2 aromatic carbocycles. The summed E-state index contributed by atoms with van der Waals surface area (Å²) >= 11 is 0. The summed E-state index contributed by atoms with van der Waals surface area (Å²) in [6.45, 7) is 13.5. The highest BCUT2D eigenvalue weighted by Gasteiger charge is 2.24. The molecule has 0 aliphatic rings. The Labute approximate surface area is 208 Å². The smallest absolute Gasteiger partial charge is 0.419 e. The Morgan fingerprint density at radius 3 is 2.06 bits per heavy atom. The van der Waals surface area contributed by atoms with Gasteiger partial charge in [0.1, 0.15) is 18.1 Å². The molecule has 0 spiro atoms. The minimum absolute atomic E-state index is 0.0265. The van der Waals surface area contributed by atoms with Crippen molar-refractivity contribution in [2.45, 2.75) is 61.0 Å². The van der Waals surface area contributed by atoms with Gasteiger partial charge in [0.25, 0.3) is 0 Å². The van der Waals surface area contributed by atoms with Crippen LogP contribution in [-0.2, 0) is 16.1 Å². The second-order valence-corrected chi connectivity index (χ2v) is 11.2. The second kappa shape index (κ2) is 11.0. The number of carbonyl (C=O) groups is 2. The van der Waals surface area contributed by atoms with Crippen LogP contribution in [0.3, 0.4) is 0 Å². The van der Waals surface area contributed by atoms with E-state index < -0.39 is 12.1 Å². The number of hydrogen-bond acceptors (Lipinski definition) is 5. The molecule has 0 atom stereocenters. The van der Waals surface area contributed by atoms with Crippen LogP contribution < -0.4 is 4.74 Å². The van der Waals surface area contributed by atoms with Crippen molar-refractivity contribution in [3.05, 3.63) is 65.9 Å². The molecule has 0 unspecified atom stereocenters. The Hall–Kier alpha value is -3.28. The van der Waals surface area contributed by atoms with E-state index in [0.29, 0.717) is 36.1 Å². The molecular weight excluding hydrogens is 442 g/mol. The van der Waals surface area contributed by atoms with E-state index in [1.165, 1.54) is 4.57 Å². The first kappa shape index (κ1) is 26.3. The Morgan fingerprint density at radius 2 is 1.43 bits per heavy atom. The summed E-state index contributed by atoms with van der Waals surface area (Å²) in [5.74, 6) is 0.0947. The Bertz CT molecular complexity index is 1150. The minimum atomic E-state index is -0.593. The quantitative estimate of drug-likeness (QED) is 0.319. The van der Waals surface area contributed by atoms with Crippen LogP contribution in [0.1, 0.15) is 70.4 Å². The van der Waals surface area contributed by atoms with E-state index in [4.69, 9.17) is 14.2 Å². The fourth-order valence-electron chi connectivity index (χ4n) is 3.40. The summed E-state index contributed by atoms with van der Waals surface area (Å²) in [6, 6.07) is 16.9. The standard InChI is InChI=1S/C29H37NO5/c1-28(2,3)14-16-33-26(31)25-19-22-18-23(35-20-21-10-8-7-9-11-21)12-13-24(22)30(25)27(32)34-17-15-29(4,5)6/h7-13,18-19H,14-17,20H2,1-6H3. The van der Waals surface area contributed by atoms with E-state index in [0.717, 1.165) is 5.56 Å². The molecule has 0 amide bonds. The molecule has 0 saturated heterocycles. The summed E-state index contributed by atoms with van der Waals surface area (Å²) in [6.07, 6.45) is 0.831. The zero-order chi connectivity index (χ0) is 25.6. The van der Waals surface area contributed by atoms with Crippen molar-refractivity contribution in [3.63, 3.8) is 0 Å². The van der Waals surface area contributed by atoms with E-state index in [-0.39, 0.29) is 29.7 Å². The Balaban J connectivity index is 1.85. The number of ether oxygens (including phenoxy) is 3. The van der Waals surface area contributed by atoms with Crippen molar-refractivity contribution < 1.29 is 23.8 Å². The van der Waals surface area contributed by atoms with E-state index >= 15 is 0 Å². The molecule has 0 bridgehead atoms. The number of nitrogens with zero attached hydrogens (tertiary/aromatic N) is 1. The molecule has 3 aromatic rings. The molecular formula is C29H37NO5. The monoisotopic (exact) mass is 479 g/mol. The first-order valence-corrected chi connectivity index (χ1v) is 12.1. The van der Waals surface area contributed by atoms with E-state index in [2.05, 4.69) is 41.5 Å². The van der Waals surface area contributed by atoms with Gasteiger partial charge in [0.2, 0.25) is 0 Å². The van der Waals surface area contributed by atoms with Gasteiger partial charge in [0.15, 0.2) is 0 Å². The second-order valence-electron chi connectivity index (χ2n) is 11.2. The van der Waals surface area contributed by atoms with E-state index in [9.17, 15) is 9.59 Å². The van der Waals surface area contributed by atoms with Gasteiger partial charge in [-0.3, -0.25) is 0 Å². The molecule has 0 saturated carbocycles. The number of benzene rings is 2. The molecule has 1 aromatic heterocycles. The maximum absolute atomic E-state index is 13.1. The van der Waals surface area contributed by atoms with Crippen LogP contribution >= 0.6 is 0 Å². The highest BCUT2D eigenvalue weighted by atomic mass is 16.6. The van der Waals surface area contributed by atoms with Crippen molar-refractivity contribution in [2.75, 3.05) is 13.2 Å². The fraction of sp³-hybridized carbons (Fsp3) is 0.448. The van der Waals surface area contributed by atoms with Crippen molar-refractivity contribution in [3.8, 4) is 5.75 Å². The first-order valence-electron chi connectivity index (χ1n) is 12.1. The molecule has 3 rings (SSSR count). The zero-order valence-corrected chi connectivity index (χ0v) is 21.7. The Morgan fingerprint density at radius 1 is 0.800 bits per heavy atom. The third-order valence-corrected chi connectivity index (χ3v) is 5.58. The van der Waals surface area contributed by atoms with Crippen LogP contribution in [0, 0.1) is 10.8 Å². The molecule has 188 valence electrons. The molecule has 0 radical (unpaired) electrons. The zero-order valence-electron chi connectivity index (χ0n) is 21.7. The summed E-state index contributed by atoms with van der Waals surface area (Å²) in [5.41, 5.74) is 1.83. The SMILES string of the molecule is CC(C)(C)CCOC(=O)c1cc2cc(OCc3ccccc3)ccc2n1C(=O)OCCC(C)(C)C. The lowest BCUT2D eigenvalue weighted by atomic mass is 9.93. The maximum Gasteiger partial charge on any atom is 0.419 e. The number of hydrogen-bond donors (Lipinski definition) is 0. The lowest BCUT2D eigenvalue weighted by Crippen LogP contribution is -2.22. The molecule has 0 N–H and O–H groups in total. The van der Waals surface area contributed by atoms with Crippen molar-refractivity contribution >= 4 is 23.0 Å². The van der Waals surface area contributed by atoms with Gasteiger partial charge in [0.05, 0.1) is 18.7 Å². The fourth-order valence-corrected chi connectivity index (χ4v) is 3.40. The lowest BCUT2D eigenvalue weighted by Gasteiger charge is -2.18. The van der Waals surface area contributed by atoms with Gasteiger partial charge in [-0.05, 0) is 53.5 Å². The van der Waals surface area contributed by atoms with Crippen molar-refractivity contribution in [2.24, 2.45) is 10.8 Å². The normalized spacial score (nSPS) is 11.9. The average molecular weight is 480 g/mol. The summed E-state index contributed by atoms with van der Waals surface area (Å²) < 4.78 is 18.3. The number of rotatable bonds is 8. The van der Waals surface area contributed by atoms with Gasteiger partial charge in [-0.1, -0.05) is 71.9 Å². The predicted molar refractivity (Wildman–Crippen MR) is 138 cm³/mol. The van der Waals surface area contributed by atoms with Gasteiger partial charge in [-0.25, -0.2) is 14.2 Å². The van der Waals surface area contributed by atoms with Gasteiger partial charge in [0, 0.05) is 5.39 Å². The van der Waals surface area contributed by atoms with Crippen LogP contribution in [0.25, 0.3) is 10.9 Å². The predicted octanol–water partition coefficient (Wildman–Crippen LogP) is 7.23. The molecule has 6 heteroatoms. The first-order chi connectivity index (χ1) is 16.4. The largest absolute Gasteiger partial charge is 0.489 e. The summed E-state index contributed by atoms with van der Waals surface area (Å²) in [7, 11) is 0. The number of aromatic nitrogens is 1. The van der Waals surface area contributed by atoms with Crippen LogP contribution in [0.2, 0.25) is 0 Å². The van der Waals surface area contributed by atoms with Crippen LogP contribution in [0.5, 0.6) is 5.75 Å². The van der Waals surface area contributed by atoms with Crippen LogP contribution in [0.4, 0.5) is 4.79 Å². The Kier molecular flexibility index (Phi) is 8.26. The topological polar surface area (TPSA) is 66.8 Å². The highest BCUT2D eigenvalue weighted by Crippen LogP contribution is 2.27. The maximum atomic E-state index is 13.1. The lowest BCUT2D eigenvalue weighted by molar-refractivity contribution is 0.0450. The van der Waals surface area contributed by atoms with Crippen molar-refractivity contribution in [1.29, 1.82) is 0 Å². The third-order valence-electron chi connectivity index (χ3n) is 5.58. The van der Waals surface area contributed by atoms with Gasteiger partial charge >= 0.3 is 12.1 Å². The highest BCUT2D eigenvalue weighted by molar-refractivity contribution is 6.01. The minimum Gasteiger partial charge on any atom is -0.489 e. The van der Waals surface area contributed by atoms with Crippen LogP contribution in [-0.4, -0.2) is 29.8 Å². The van der Waals surface area contributed by atoms with Crippen LogP contribution in [0.15, 0.2) is 54.6 Å². The average Bonchev–Trinajstić information content (AvgIpc) is 3.15. The van der Waals surface area contributed by atoms with Crippen molar-refractivity contribution in [1.82, 2.24) is 4.57 Å². The molecule has 0 aliphatic carbocycles. The molecule has 35 heavy (non-hydrogen) atoms. The van der Waals surface area contributed by atoms with Gasteiger partial charge in [-0.2, -0.15) is 0 Å². The van der Waals surface area contributed by atoms with Gasteiger partial charge < -0.3 is 14.2 Å². The van der Waals surface area contributed by atoms with Gasteiger partial charge in [-0.15, -0.1) is 0 Å². The third kappa shape index (κ3) is 7.88. The summed E-state index contributed by atoms with van der Waals surface area (Å²) in [4.78, 5) is 26.0. The van der Waals surface area contributed by atoms with E-state index in [1.54, 1.807) is 18.2 Å². The summed E-state index contributed by atoms with van der Waals surface area (Å²) in [5, 5.41) is 0.700. The number of fused-ring (bicyclic) bond motifs is 1. The number of carbonyl (C=O) groups excluding carboxylic acids is 2. The van der Waals surface area contributed by atoms with E-state index in [1.807, 2.05) is 36.4 Å². The molecule has 6 nitrogen and oxygen atoms in total. The molecule has 0 fully saturated rings.